The van der Waals surface area contributed by atoms with Crippen molar-refractivity contribution in [1.29, 1.82) is 0 Å². The van der Waals surface area contributed by atoms with Crippen molar-refractivity contribution in [2.45, 2.75) is 6.61 Å². The van der Waals surface area contributed by atoms with E-state index in [1.54, 1.807) is 10.9 Å². The summed E-state index contributed by atoms with van der Waals surface area (Å²) in [7, 11) is 0. The fraction of sp³-hybridized carbons (Fsp3) is 0.0769. The third-order valence-electron chi connectivity index (χ3n) is 2.66. The smallest absolute Gasteiger partial charge is 0.161 e. The van der Waals surface area contributed by atoms with E-state index in [4.69, 9.17) is 0 Å². The van der Waals surface area contributed by atoms with E-state index >= 15 is 0 Å². The topological polar surface area (TPSA) is 50.9 Å². The van der Waals surface area contributed by atoms with Gasteiger partial charge >= 0.3 is 0 Å². The quantitative estimate of drug-likeness (QED) is 0.724. The van der Waals surface area contributed by atoms with Crippen molar-refractivity contribution in [3.05, 3.63) is 54.5 Å². The van der Waals surface area contributed by atoms with Crippen molar-refractivity contribution in [2.24, 2.45) is 0 Å². The second-order valence-corrected chi connectivity index (χ2v) is 3.77. The normalized spacial score (nSPS) is 10.9. The lowest BCUT2D eigenvalue weighted by Crippen LogP contribution is -2.02. The van der Waals surface area contributed by atoms with Gasteiger partial charge in [0, 0.05) is 17.8 Å². The number of benzene rings is 1. The van der Waals surface area contributed by atoms with Gasteiger partial charge in [-0.25, -0.2) is 9.67 Å². The Morgan fingerprint density at radius 1 is 1.18 bits per heavy atom. The van der Waals surface area contributed by atoms with E-state index in [2.05, 4.69) is 10.1 Å². The molecule has 2 heterocycles. The SMILES string of the molecule is OCc1cc2ccccc2c(-n2cccn2)n1. The molecular weight excluding hydrogens is 214 g/mol. The van der Waals surface area contributed by atoms with Gasteiger partial charge in [-0.2, -0.15) is 5.10 Å². The zero-order valence-corrected chi connectivity index (χ0v) is 9.11. The van der Waals surface area contributed by atoms with Crippen molar-refractivity contribution in [2.75, 3.05) is 0 Å². The van der Waals surface area contributed by atoms with Crippen LogP contribution in [0.2, 0.25) is 0 Å². The summed E-state index contributed by atoms with van der Waals surface area (Å²) >= 11 is 0. The van der Waals surface area contributed by atoms with Crippen LogP contribution in [-0.4, -0.2) is 19.9 Å². The molecule has 0 spiro atoms. The number of aliphatic hydroxyl groups is 1. The average Bonchev–Trinajstić information content (AvgIpc) is 2.91. The van der Waals surface area contributed by atoms with Crippen molar-refractivity contribution in [3.63, 3.8) is 0 Å². The van der Waals surface area contributed by atoms with Gasteiger partial charge < -0.3 is 5.11 Å². The van der Waals surface area contributed by atoms with E-state index in [0.717, 1.165) is 16.6 Å². The maximum atomic E-state index is 9.23. The summed E-state index contributed by atoms with van der Waals surface area (Å²) in [4.78, 5) is 4.41. The summed E-state index contributed by atoms with van der Waals surface area (Å²) in [5, 5.41) is 15.5. The van der Waals surface area contributed by atoms with Gasteiger partial charge in [-0.1, -0.05) is 24.3 Å². The highest BCUT2D eigenvalue weighted by molar-refractivity contribution is 5.88. The van der Waals surface area contributed by atoms with Gasteiger partial charge in [0.05, 0.1) is 12.3 Å². The second kappa shape index (κ2) is 3.99. The van der Waals surface area contributed by atoms with Gasteiger partial charge in [0.25, 0.3) is 0 Å². The summed E-state index contributed by atoms with van der Waals surface area (Å²) in [5.41, 5.74) is 0.647. The Hall–Kier alpha value is -2.20. The van der Waals surface area contributed by atoms with Gasteiger partial charge in [-0.15, -0.1) is 0 Å². The zero-order valence-electron chi connectivity index (χ0n) is 9.11. The Balaban J connectivity index is 2.35. The van der Waals surface area contributed by atoms with Crippen molar-refractivity contribution in [3.8, 4) is 5.82 Å². The van der Waals surface area contributed by atoms with Crippen LogP contribution in [0.1, 0.15) is 5.69 Å². The first kappa shape index (κ1) is 9.99. The van der Waals surface area contributed by atoms with Crippen LogP contribution in [0.15, 0.2) is 48.8 Å². The zero-order chi connectivity index (χ0) is 11.7. The first-order valence-corrected chi connectivity index (χ1v) is 5.38. The molecule has 0 atom stereocenters. The number of nitrogens with zero attached hydrogens (tertiary/aromatic N) is 3. The Morgan fingerprint density at radius 2 is 2.06 bits per heavy atom. The molecule has 84 valence electrons. The summed E-state index contributed by atoms with van der Waals surface area (Å²) in [5.74, 6) is 0.747. The van der Waals surface area contributed by atoms with Crippen LogP contribution in [0.25, 0.3) is 16.6 Å². The molecule has 0 saturated heterocycles. The molecule has 2 aromatic heterocycles. The summed E-state index contributed by atoms with van der Waals surface area (Å²) in [6, 6.07) is 11.7. The van der Waals surface area contributed by atoms with Crippen LogP contribution < -0.4 is 0 Å². The predicted molar refractivity (Wildman–Crippen MR) is 64.8 cm³/mol. The summed E-state index contributed by atoms with van der Waals surface area (Å²) in [6.07, 6.45) is 3.55. The lowest BCUT2D eigenvalue weighted by atomic mass is 10.1. The van der Waals surface area contributed by atoms with Crippen molar-refractivity contribution in [1.82, 2.24) is 14.8 Å². The molecule has 0 amide bonds. The molecule has 3 rings (SSSR count). The molecule has 4 heteroatoms. The largest absolute Gasteiger partial charge is 0.390 e. The fourth-order valence-electron chi connectivity index (χ4n) is 1.88. The molecule has 0 bridgehead atoms. The number of aliphatic hydroxyl groups excluding tert-OH is 1. The number of aromatic nitrogens is 3. The standard InChI is InChI=1S/C13H11N3O/c17-9-11-8-10-4-1-2-5-12(10)13(15-11)16-7-3-6-14-16/h1-8,17H,9H2. The predicted octanol–water partition coefficient (Wildman–Crippen LogP) is 1.91. The molecule has 4 nitrogen and oxygen atoms in total. The van der Waals surface area contributed by atoms with Crippen molar-refractivity contribution >= 4 is 10.8 Å². The van der Waals surface area contributed by atoms with Gasteiger partial charge in [0.1, 0.15) is 0 Å². The van der Waals surface area contributed by atoms with Crippen LogP contribution in [-0.2, 0) is 6.61 Å². The molecule has 1 N–H and O–H groups in total. The van der Waals surface area contributed by atoms with E-state index in [0.29, 0.717) is 5.69 Å². The number of hydrogen-bond acceptors (Lipinski definition) is 3. The van der Waals surface area contributed by atoms with Crippen molar-refractivity contribution < 1.29 is 5.11 Å². The highest BCUT2D eigenvalue weighted by Crippen LogP contribution is 2.21. The molecule has 17 heavy (non-hydrogen) atoms. The maximum absolute atomic E-state index is 9.23. The van der Waals surface area contributed by atoms with Crippen LogP contribution in [0.3, 0.4) is 0 Å². The molecule has 3 aromatic rings. The Morgan fingerprint density at radius 3 is 2.82 bits per heavy atom. The van der Waals surface area contributed by atoms with Gasteiger partial charge in [0.15, 0.2) is 5.82 Å². The van der Waals surface area contributed by atoms with Gasteiger partial charge in [-0.05, 0) is 17.5 Å². The Labute approximate surface area is 98.2 Å². The molecular formula is C13H11N3O. The third kappa shape index (κ3) is 1.68. The lowest BCUT2D eigenvalue weighted by molar-refractivity contribution is 0.277. The molecule has 0 radical (unpaired) electrons. The average molecular weight is 225 g/mol. The highest BCUT2D eigenvalue weighted by Gasteiger charge is 2.07. The minimum atomic E-state index is -0.0703. The monoisotopic (exact) mass is 225 g/mol. The number of fused-ring (bicyclic) bond motifs is 1. The molecule has 0 fully saturated rings. The lowest BCUT2D eigenvalue weighted by Gasteiger charge is -2.07. The van der Waals surface area contributed by atoms with Gasteiger partial charge in [0.2, 0.25) is 0 Å². The van der Waals surface area contributed by atoms with E-state index in [9.17, 15) is 5.11 Å². The number of rotatable bonds is 2. The molecule has 0 aliphatic rings. The van der Waals surface area contributed by atoms with E-state index in [-0.39, 0.29) is 6.61 Å². The van der Waals surface area contributed by atoms with Crippen LogP contribution in [0, 0.1) is 0 Å². The molecule has 1 aromatic carbocycles. The summed E-state index contributed by atoms with van der Waals surface area (Å²) < 4.78 is 1.71. The Kier molecular flexibility index (Phi) is 2.34. The molecule has 0 saturated carbocycles. The van der Waals surface area contributed by atoms with Crippen LogP contribution in [0.4, 0.5) is 0 Å². The minimum Gasteiger partial charge on any atom is -0.390 e. The van der Waals surface area contributed by atoms with Gasteiger partial charge in [-0.3, -0.25) is 0 Å². The third-order valence-corrected chi connectivity index (χ3v) is 2.66. The number of pyridine rings is 1. The summed E-state index contributed by atoms with van der Waals surface area (Å²) in [6.45, 7) is -0.0703. The van der Waals surface area contributed by atoms with Crippen LogP contribution in [0.5, 0.6) is 0 Å². The maximum Gasteiger partial charge on any atom is 0.161 e. The number of hydrogen-bond donors (Lipinski definition) is 1. The second-order valence-electron chi connectivity index (χ2n) is 3.77. The highest BCUT2D eigenvalue weighted by atomic mass is 16.3. The van der Waals surface area contributed by atoms with Crippen LogP contribution >= 0.6 is 0 Å². The first-order valence-electron chi connectivity index (χ1n) is 5.38. The minimum absolute atomic E-state index is 0.0703. The molecule has 0 unspecified atom stereocenters. The molecule has 0 aliphatic carbocycles. The first-order chi connectivity index (χ1) is 8.38. The van der Waals surface area contributed by atoms with E-state index < -0.39 is 0 Å². The molecule has 0 aliphatic heterocycles. The Bertz CT molecular complexity index is 647. The fourth-order valence-corrected chi connectivity index (χ4v) is 1.88. The van der Waals surface area contributed by atoms with E-state index in [1.165, 1.54) is 0 Å². The van der Waals surface area contributed by atoms with E-state index in [1.807, 2.05) is 42.6 Å².